The number of nitrogens with zero attached hydrogens (tertiary/aromatic N) is 2. The maximum absolute atomic E-state index is 5.72. The number of hydrogen-bond acceptors (Lipinski definition) is 3. The molecular weight excluding hydrogens is 258 g/mol. The lowest BCUT2D eigenvalue weighted by atomic mass is 10.1. The number of nitrogens with one attached hydrogen (secondary N) is 1. The van der Waals surface area contributed by atoms with Crippen molar-refractivity contribution in [2.24, 2.45) is 0 Å². The molecule has 1 aromatic carbocycles. The Hall–Kier alpha value is -1.61. The molecule has 0 radical (unpaired) electrons. The summed E-state index contributed by atoms with van der Waals surface area (Å²) in [7, 11) is 0. The summed E-state index contributed by atoms with van der Waals surface area (Å²) >= 11 is 5.72. The molecule has 0 aliphatic carbocycles. The smallest absolute Gasteiger partial charge is 0.134 e. The van der Waals surface area contributed by atoms with Gasteiger partial charge in [0.15, 0.2) is 0 Å². The zero-order valence-electron chi connectivity index (χ0n) is 11.3. The SMILES string of the molecule is Cc1cc(Nc2cccc(CCCCl)c2)nc(C)n1. The second-order valence-corrected chi connectivity index (χ2v) is 4.94. The molecule has 100 valence electrons. The minimum absolute atomic E-state index is 0.696. The van der Waals surface area contributed by atoms with Gasteiger partial charge in [0.05, 0.1) is 0 Å². The molecule has 1 aromatic heterocycles. The van der Waals surface area contributed by atoms with E-state index < -0.39 is 0 Å². The first kappa shape index (κ1) is 13.8. The first-order chi connectivity index (χ1) is 9.17. The molecule has 0 fully saturated rings. The summed E-state index contributed by atoms with van der Waals surface area (Å²) in [6, 6.07) is 10.3. The monoisotopic (exact) mass is 275 g/mol. The zero-order chi connectivity index (χ0) is 13.7. The average molecular weight is 276 g/mol. The Morgan fingerprint density at radius 3 is 2.74 bits per heavy atom. The maximum atomic E-state index is 5.72. The average Bonchev–Trinajstić information content (AvgIpc) is 2.35. The van der Waals surface area contributed by atoms with E-state index in [1.165, 1.54) is 5.56 Å². The van der Waals surface area contributed by atoms with Gasteiger partial charge >= 0.3 is 0 Å². The normalized spacial score (nSPS) is 10.5. The number of alkyl halides is 1. The van der Waals surface area contributed by atoms with Gasteiger partial charge < -0.3 is 5.32 Å². The van der Waals surface area contributed by atoms with E-state index in [4.69, 9.17) is 11.6 Å². The van der Waals surface area contributed by atoms with Crippen molar-refractivity contribution in [3.05, 3.63) is 47.4 Å². The molecule has 0 saturated heterocycles. The number of halogens is 1. The van der Waals surface area contributed by atoms with E-state index in [9.17, 15) is 0 Å². The van der Waals surface area contributed by atoms with Crippen LogP contribution in [0.5, 0.6) is 0 Å². The Labute approximate surface area is 119 Å². The van der Waals surface area contributed by atoms with Crippen molar-refractivity contribution in [2.45, 2.75) is 26.7 Å². The summed E-state index contributed by atoms with van der Waals surface area (Å²) in [5.74, 6) is 2.31. The third kappa shape index (κ3) is 4.21. The van der Waals surface area contributed by atoms with Gasteiger partial charge in [-0.2, -0.15) is 0 Å². The number of benzene rings is 1. The van der Waals surface area contributed by atoms with Crippen LogP contribution in [0.2, 0.25) is 0 Å². The predicted molar refractivity (Wildman–Crippen MR) is 80.3 cm³/mol. The van der Waals surface area contributed by atoms with Crippen LogP contribution in [-0.4, -0.2) is 15.8 Å². The highest BCUT2D eigenvalue weighted by Crippen LogP contribution is 2.17. The molecule has 0 unspecified atom stereocenters. The largest absolute Gasteiger partial charge is 0.340 e. The third-order valence-corrected chi connectivity index (χ3v) is 3.03. The number of hydrogen-bond donors (Lipinski definition) is 1. The van der Waals surface area contributed by atoms with Crippen LogP contribution in [0, 0.1) is 13.8 Å². The zero-order valence-corrected chi connectivity index (χ0v) is 12.0. The molecule has 2 aromatic rings. The van der Waals surface area contributed by atoms with E-state index >= 15 is 0 Å². The summed E-state index contributed by atoms with van der Waals surface area (Å²) < 4.78 is 0. The van der Waals surface area contributed by atoms with Crippen molar-refractivity contribution in [1.29, 1.82) is 0 Å². The molecule has 3 nitrogen and oxygen atoms in total. The Morgan fingerprint density at radius 2 is 2.00 bits per heavy atom. The van der Waals surface area contributed by atoms with Crippen LogP contribution in [0.4, 0.5) is 11.5 Å². The van der Waals surface area contributed by atoms with Crippen molar-refractivity contribution in [2.75, 3.05) is 11.2 Å². The van der Waals surface area contributed by atoms with Gasteiger partial charge in [0, 0.05) is 23.3 Å². The summed E-state index contributed by atoms with van der Waals surface area (Å²) in [5, 5.41) is 3.32. The standard InChI is InChI=1S/C15H18ClN3/c1-11-9-15(18-12(2)17-11)19-14-7-3-5-13(10-14)6-4-8-16/h3,5,7,9-10H,4,6,8H2,1-2H3,(H,17,18,19). The number of aryl methyl sites for hydroxylation is 3. The van der Waals surface area contributed by atoms with Crippen molar-refractivity contribution in [1.82, 2.24) is 9.97 Å². The molecule has 2 rings (SSSR count). The predicted octanol–water partition coefficient (Wildman–Crippen LogP) is 4.01. The van der Waals surface area contributed by atoms with Gasteiger partial charge in [0.2, 0.25) is 0 Å². The van der Waals surface area contributed by atoms with E-state index in [-0.39, 0.29) is 0 Å². The summed E-state index contributed by atoms with van der Waals surface area (Å²) in [6.07, 6.45) is 2.00. The molecule has 1 N–H and O–H groups in total. The first-order valence-electron chi connectivity index (χ1n) is 6.41. The molecule has 1 heterocycles. The highest BCUT2D eigenvalue weighted by atomic mass is 35.5. The third-order valence-electron chi connectivity index (χ3n) is 2.76. The van der Waals surface area contributed by atoms with Crippen LogP contribution in [0.3, 0.4) is 0 Å². The highest BCUT2D eigenvalue weighted by molar-refractivity contribution is 6.17. The lowest BCUT2D eigenvalue weighted by Gasteiger charge is -2.08. The van der Waals surface area contributed by atoms with Crippen molar-refractivity contribution < 1.29 is 0 Å². The quantitative estimate of drug-likeness (QED) is 0.838. The first-order valence-corrected chi connectivity index (χ1v) is 6.95. The van der Waals surface area contributed by atoms with E-state index in [1.54, 1.807) is 0 Å². The Morgan fingerprint density at radius 1 is 1.16 bits per heavy atom. The summed E-state index contributed by atoms with van der Waals surface area (Å²) in [4.78, 5) is 8.65. The number of rotatable bonds is 5. The van der Waals surface area contributed by atoms with Crippen molar-refractivity contribution in [3.63, 3.8) is 0 Å². The molecule has 0 spiro atoms. The van der Waals surface area contributed by atoms with Gasteiger partial charge in [-0.1, -0.05) is 12.1 Å². The van der Waals surface area contributed by atoms with Crippen LogP contribution in [0.15, 0.2) is 30.3 Å². The minimum Gasteiger partial charge on any atom is -0.340 e. The summed E-state index contributed by atoms with van der Waals surface area (Å²) in [6.45, 7) is 3.87. The number of aromatic nitrogens is 2. The van der Waals surface area contributed by atoms with Gasteiger partial charge in [-0.3, -0.25) is 0 Å². The molecule has 0 atom stereocenters. The lowest BCUT2D eigenvalue weighted by Crippen LogP contribution is -1.99. The van der Waals surface area contributed by atoms with Crippen molar-refractivity contribution in [3.8, 4) is 0 Å². The Balaban J connectivity index is 2.13. The fourth-order valence-corrected chi connectivity index (χ4v) is 2.14. The topological polar surface area (TPSA) is 37.8 Å². The van der Waals surface area contributed by atoms with Crippen LogP contribution in [0.1, 0.15) is 23.5 Å². The van der Waals surface area contributed by atoms with E-state index in [0.29, 0.717) is 5.88 Å². The molecule has 0 bridgehead atoms. The molecular formula is C15H18ClN3. The Bertz CT molecular complexity index is 535. The highest BCUT2D eigenvalue weighted by Gasteiger charge is 2.01. The van der Waals surface area contributed by atoms with Crippen LogP contribution < -0.4 is 5.32 Å². The van der Waals surface area contributed by atoms with Gasteiger partial charge in [-0.15, -0.1) is 11.6 Å². The number of anilines is 2. The fraction of sp³-hybridized carbons (Fsp3) is 0.333. The van der Waals surface area contributed by atoms with Gasteiger partial charge in [0.25, 0.3) is 0 Å². The van der Waals surface area contributed by atoms with E-state index in [2.05, 4.69) is 27.4 Å². The van der Waals surface area contributed by atoms with Crippen LogP contribution in [-0.2, 0) is 6.42 Å². The van der Waals surface area contributed by atoms with Gasteiger partial charge in [-0.25, -0.2) is 9.97 Å². The maximum Gasteiger partial charge on any atom is 0.134 e. The van der Waals surface area contributed by atoms with Gasteiger partial charge in [0.1, 0.15) is 11.6 Å². The van der Waals surface area contributed by atoms with E-state index in [0.717, 1.165) is 35.9 Å². The van der Waals surface area contributed by atoms with Crippen LogP contribution in [0.25, 0.3) is 0 Å². The molecule has 4 heteroatoms. The molecule has 0 aliphatic rings. The van der Waals surface area contributed by atoms with Crippen molar-refractivity contribution >= 4 is 23.1 Å². The molecule has 0 saturated carbocycles. The lowest BCUT2D eigenvalue weighted by molar-refractivity contribution is 0.929. The molecule has 0 amide bonds. The minimum atomic E-state index is 0.696. The second kappa shape index (κ2) is 6.53. The Kier molecular flexibility index (Phi) is 4.74. The second-order valence-electron chi connectivity index (χ2n) is 4.56. The fourth-order valence-electron chi connectivity index (χ4n) is 2.00. The molecule has 0 aliphatic heterocycles. The van der Waals surface area contributed by atoms with Crippen LogP contribution >= 0.6 is 11.6 Å². The molecule has 19 heavy (non-hydrogen) atoms. The summed E-state index contributed by atoms with van der Waals surface area (Å²) in [5.41, 5.74) is 3.30. The van der Waals surface area contributed by atoms with E-state index in [1.807, 2.05) is 32.0 Å². The van der Waals surface area contributed by atoms with Gasteiger partial charge in [-0.05, 0) is 44.4 Å².